The molecule has 0 saturated heterocycles. The Bertz CT molecular complexity index is 753. The van der Waals surface area contributed by atoms with Gasteiger partial charge >= 0.3 is 0 Å². The Balaban J connectivity index is 1.94. The molecule has 3 rings (SSSR count). The van der Waals surface area contributed by atoms with E-state index in [0.717, 1.165) is 15.7 Å². The van der Waals surface area contributed by atoms with Gasteiger partial charge < -0.3 is 4.90 Å². The van der Waals surface area contributed by atoms with Gasteiger partial charge in [0.05, 0.1) is 11.6 Å². The molecule has 7 nitrogen and oxygen atoms in total. The van der Waals surface area contributed by atoms with Crippen LogP contribution in [0.15, 0.2) is 34.9 Å². The van der Waals surface area contributed by atoms with E-state index in [2.05, 4.69) is 53.7 Å². The Labute approximate surface area is 129 Å². The van der Waals surface area contributed by atoms with Crippen LogP contribution in [0.3, 0.4) is 0 Å². The van der Waals surface area contributed by atoms with E-state index >= 15 is 0 Å². The lowest BCUT2D eigenvalue weighted by Crippen LogP contribution is -2.20. The van der Waals surface area contributed by atoms with Crippen molar-refractivity contribution in [1.82, 2.24) is 20.2 Å². The van der Waals surface area contributed by atoms with Crippen molar-refractivity contribution in [2.24, 2.45) is 5.84 Å². The zero-order valence-corrected chi connectivity index (χ0v) is 12.9. The van der Waals surface area contributed by atoms with Gasteiger partial charge in [-0.25, -0.2) is 5.84 Å². The van der Waals surface area contributed by atoms with E-state index in [1.807, 2.05) is 24.1 Å². The fraction of sp³-hybridized carbons (Fsp3) is 0.154. The number of rotatable bonds is 4. The van der Waals surface area contributed by atoms with Crippen molar-refractivity contribution in [3.05, 3.63) is 40.5 Å². The molecule has 0 aliphatic rings. The van der Waals surface area contributed by atoms with Crippen LogP contribution in [-0.2, 0) is 6.54 Å². The average molecular weight is 348 g/mol. The molecule has 2 aromatic heterocycles. The second kappa shape index (κ2) is 5.66. The molecule has 0 aliphatic heterocycles. The number of nitrogen functional groups attached to an aromatic ring is 1. The van der Waals surface area contributed by atoms with Crippen LogP contribution < -0.4 is 16.2 Å². The van der Waals surface area contributed by atoms with E-state index in [1.54, 1.807) is 6.20 Å². The standard InChI is InChI=1S/C13H14BrN7/c1-21(7-8-2-4-9(14)5-3-8)12-10-6-16-20-11(10)17-13(18-12)19-15/h2-6H,7,15H2,1H3,(H2,16,17,18,19,20). The Morgan fingerprint density at radius 1 is 1.29 bits per heavy atom. The third kappa shape index (κ3) is 2.81. The second-order valence-electron chi connectivity index (χ2n) is 4.63. The molecule has 0 amide bonds. The zero-order chi connectivity index (χ0) is 14.8. The van der Waals surface area contributed by atoms with Crippen LogP contribution >= 0.6 is 15.9 Å². The molecule has 1 aromatic carbocycles. The van der Waals surface area contributed by atoms with Gasteiger partial charge in [0.1, 0.15) is 5.82 Å². The summed E-state index contributed by atoms with van der Waals surface area (Å²) in [5.74, 6) is 6.53. The fourth-order valence-electron chi connectivity index (χ4n) is 2.11. The lowest BCUT2D eigenvalue weighted by Gasteiger charge is -2.19. The number of benzene rings is 1. The van der Waals surface area contributed by atoms with Gasteiger partial charge in [-0.3, -0.25) is 10.5 Å². The number of H-pyrrole nitrogens is 1. The molecular formula is C13H14BrN7. The van der Waals surface area contributed by atoms with Gasteiger partial charge in [-0.1, -0.05) is 28.1 Å². The topological polar surface area (TPSA) is 95.8 Å². The SMILES string of the molecule is CN(Cc1ccc(Br)cc1)c1nc(NN)nc2[nH]ncc12. The average Bonchev–Trinajstić information content (AvgIpc) is 2.96. The number of hydrogen-bond acceptors (Lipinski definition) is 6. The van der Waals surface area contributed by atoms with Gasteiger partial charge in [0.15, 0.2) is 5.65 Å². The largest absolute Gasteiger partial charge is 0.355 e. The number of fused-ring (bicyclic) bond motifs is 1. The van der Waals surface area contributed by atoms with Gasteiger partial charge in [0, 0.05) is 18.1 Å². The lowest BCUT2D eigenvalue weighted by molar-refractivity contribution is 0.899. The molecule has 0 bridgehead atoms. The van der Waals surface area contributed by atoms with Crippen molar-refractivity contribution in [1.29, 1.82) is 0 Å². The highest BCUT2D eigenvalue weighted by Crippen LogP contribution is 2.24. The third-order valence-electron chi connectivity index (χ3n) is 3.11. The van der Waals surface area contributed by atoms with E-state index in [0.29, 0.717) is 18.1 Å². The van der Waals surface area contributed by atoms with E-state index in [1.165, 1.54) is 5.56 Å². The summed E-state index contributed by atoms with van der Waals surface area (Å²) >= 11 is 3.43. The summed E-state index contributed by atoms with van der Waals surface area (Å²) in [5, 5.41) is 7.70. The Hall–Kier alpha value is -2.19. The molecule has 0 atom stereocenters. The van der Waals surface area contributed by atoms with Gasteiger partial charge in [-0.05, 0) is 17.7 Å². The number of nitrogens with two attached hydrogens (primary N) is 1. The van der Waals surface area contributed by atoms with Crippen LogP contribution in [0, 0.1) is 0 Å². The molecule has 108 valence electrons. The summed E-state index contributed by atoms with van der Waals surface area (Å²) < 4.78 is 1.06. The maximum Gasteiger partial charge on any atom is 0.241 e. The van der Waals surface area contributed by atoms with Crippen LogP contribution in [0.5, 0.6) is 0 Å². The highest BCUT2D eigenvalue weighted by Gasteiger charge is 2.13. The minimum atomic E-state index is 0.351. The summed E-state index contributed by atoms with van der Waals surface area (Å²) in [4.78, 5) is 10.7. The smallest absolute Gasteiger partial charge is 0.241 e. The fourth-order valence-corrected chi connectivity index (χ4v) is 2.38. The van der Waals surface area contributed by atoms with Crippen molar-refractivity contribution in [3.63, 3.8) is 0 Å². The first-order chi connectivity index (χ1) is 10.2. The van der Waals surface area contributed by atoms with Gasteiger partial charge in [0.25, 0.3) is 0 Å². The van der Waals surface area contributed by atoms with Gasteiger partial charge in [0.2, 0.25) is 5.95 Å². The Morgan fingerprint density at radius 2 is 2.05 bits per heavy atom. The monoisotopic (exact) mass is 347 g/mol. The van der Waals surface area contributed by atoms with Crippen molar-refractivity contribution >= 4 is 38.7 Å². The predicted molar refractivity (Wildman–Crippen MR) is 85.7 cm³/mol. The minimum Gasteiger partial charge on any atom is -0.355 e. The first-order valence-corrected chi connectivity index (χ1v) is 7.10. The quantitative estimate of drug-likeness (QED) is 0.493. The number of nitrogens with one attached hydrogen (secondary N) is 2. The Kier molecular flexibility index (Phi) is 3.72. The molecule has 0 saturated carbocycles. The van der Waals surface area contributed by atoms with Crippen LogP contribution in [0.25, 0.3) is 11.0 Å². The molecule has 0 spiro atoms. The molecule has 0 fully saturated rings. The molecule has 0 radical (unpaired) electrons. The number of aromatic amines is 1. The van der Waals surface area contributed by atoms with Crippen LogP contribution in [0.2, 0.25) is 0 Å². The van der Waals surface area contributed by atoms with Gasteiger partial charge in [-0.15, -0.1) is 0 Å². The van der Waals surface area contributed by atoms with Crippen molar-refractivity contribution in [2.45, 2.75) is 6.54 Å². The summed E-state index contributed by atoms with van der Waals surface area (Å²) in [6.45, 7) is 0.717. The van der Waals surface area contributed by atoms with Gasteiger partial charge in [-0.2, -0.15) is 15.1 Å². The highest BCUT2D eigenvalue weighted by atomic mass is 79.9. The number of halogens is 1. The maximum absolute atomic E-state index is 5.41. The maximum atomic E-state index is 5.41. The molecule has 3 aromatic rings. The first-order valence-electron chi connectivity index (χ1n) is 6.30. The number of nitrogens with zero attached hydrogens (tertiary/aromatic N) is 4. The van der Waals surface area contributed by atoms with Crippen molar-refractivity contribution in [3.8, 4) is 0 Å². The summed E-state index contributed by atoms with van der Waals surface area (Å²) in [6.07, 6.45) is 1.71. The summed E-state index contributed by atoms with van der Waals surface area (Å²) in [7, 11) is 1.97. The van der Waals surface area contributed by atoms with E-state index in [9.17, 15) is 0 Å². The summed E-state index contributed by atoms with van der Waals surface area (Å²) in [6, 6.07) is 8.17. The molecular weight excluding hydrogens is 334 g/mol. The minimum absolute atomic E-state index is 0.351. The van der Waals surface area contributed by atoms with Crippen LogP contribution in [-0.4, -0.2) is 27.2 Å². The molecule has 8 heteroatoms. The summed E-state index contributed by atoms with van der Waals surface area (Å²) in [5.41, 5.74) is 4.30. The molecule has 21 heavy (non-hydrogen) atoms. The predicted octanol–water partition coefficient (Wildman–Crippen LogP) is 2.04. The lowest BCUT2D eigenvalue weighted by atomic mass is 10.2. The molecule has 4 N–H and O–H groups in total. The molecule has 0 aliphatic carbocycles. The van der Waals surface area contributed by atoms with Crippen molar-refractivity contribution < 1.29 is 0 Å². The van der Waals surface area contributed by atoms with E-state index in [-0.39, 0.29) is 0 Å². The second-order valence-corrected chi connectivity index (χ2v) is 5.55. The van der Waals surface area contributed by atoms with Crippen LogP contribution in [0.4, 0.5) is 11.8 Å². The first kappa shape index (κ1) is 13.8. The number of hydrogen-bond donors (Lipinski definition) is 3. The number of hydrazine groups is 1. The number of aromatic nitrogens is 4. The van der Waals surface area contributed by atoms with E-state index in [4.69, 9.17) is 5.84 Å². The van der Waals surface area contributed by atoms with Crippen LogP contribution in [0.1, 0.15) is 5.56 Å². The van der Waals surface area contributed by atoms with Crippen molar-refractivity contribution in [2.75, 3.05) is 17.4 Å². The third-order valence-corrected chi connectivity index (χ3v) is 3.64. The highest BCUT2D eigenvalue weighted by molar-refractivity contribution is 9.10. The van der Waals surface area contributed by atoms with E-state index < -0.39 is 0 Å². The number of anilines is 2. The zero-order valence-electron chi connectivity index (χ0n) is 11.3. The molecule has 0 unspecified atom stereocenters. The molecule has 2 heterocycles. The Morgan fingerprint density at radius 3 is 2.76 bits per heavy atom. The normalized spacial score (nSPS) is 10.8.